The highest BCUT2D eigenvalue weighted by Gasteiger charge is 2.29. The van der Waals surface area contributed by atoms with Gasteiger partial charge in [0.2, 0.25) is 0 Å². The van der Waals surface area contributed by atoms with Gasteiger partial charge in [-0.05, 0) is 32.3 Å². The van der Waals surface area contributed by atoms with Crippen molar-refractivity contribution in [1.82, 2.24) is 4.37 Å². The molecule has 0 bridgehead atoms. The lowest BCUT2D eigenvalue weighted by atomic mass is 10.1. The van der Waals surface area contributed by atoms with Crippen LogP contribution in [0.15, 0.2) is 4.90 Å². The first-order valence-electron chi connectivity index (χ1n) is 6.07. The average molecular weight is 307 g/mol. The number of anilines is 2. The lowest BCUT2D eigenvalue weighted by Crippen LogP contribution is -2.38. The van der Waals surface area contributed by atoms with Gasteiger partial charge >= 0.3 is 0 Å². The summed E-state index contributed by atoms with van der Waals surface area (Å²) in [5.41, 5.74) is 4.76. The van der Waals surface area contributed by atoms with Crippen molar-refractivity contribution in [3.8, 4) is 0 Å². The number of hydrogen-bond donors (Lipinski definition) is 2. The molecule has 0 aromatic carbocycles. The molecule has 0 atom stereocenters. The van der Waals surface area contributed by atoms with E-state index in [0.29, 0.717) is 18.1 Å². The minimum absolute atomic E-state index is 0.0251. The maximum atomic E-state index is 12.1. The summed E-state index contributed by atoms with van der Waals surface area (Å²) in [4.78, 5) is 1.88. The maximum Gasteiger partial charge on any atom is 0.184 e. The summed E-state index contributed by atoms with van der Waals surface area (Å²) in [6.45, 7) is 7.70. The summed E-state index contributed by atoms with van der Waals surface area (Å²) in [6, 6.07) is 0. The van der Waals surface area contributed by atoms with Crippen LogP contribution in [0.2, 0.25) is 0 Å². The van der Waals surface area contributed by atoms with Crippen molar-refractivity contribution in [2.24, 2.45) is 0 Å². The number of nitrogen functional groups attached to an aromatic ring is 1. The van der Waals surface area contributed by atoms with Crippen LogP contribution in [0.1, 0.15) is 27.7 Å². The number of rotatable bonds is 6. The first kappa shape index (κ1) is 16.2. The standard InChI is InChI=1S/C11H21N3O3S2/c1-5-14(7-11(3,4)15)10-8(9(12)13-18-10)19(16,17)6-2/h15H,5-7H2,1-4H3,(H2,12,13). The van der Waals surface area contributed by atoms with Crippen molar-refractivity contribution in [2.45, 2.75) is 38.2 Å². The third-order valence-electron chi connectivity index (χ3n) is 2.60. The Morgan fingerprint density at radius 2 is 2.00 bits per heavy atom. The SMILES string of the molecule is CCN(CC(C)(C)O)c1snc(N)c1S(=O)(=O)CC. The van der Waals surface area contributed by atoms with Gasteiger partial charge in [-0.2, -0.15) is 4.37 Å². The van der Waals surface area contributed by atoms with Crippen LogP contribution in [0.25, 0.3) is 0 Å². The van der Waals surface area contributed by atoms with Crippen molar-refractivity contribution in [2.75, 3.05) is 29.5 Å². The lowest BCUT2D eigenvalue weighted by Gasteiger charge is -2.29. The molecule has 0 radical (unpaired) electrons. The van der Waals surface area contributed by atoms with Crippen molar-refractivity contribution in [3.63, 3.8) is 0 Å². The van der Waals surface area contributed by atoms with Crippen LogP contribution < -0.4 is 10.6 Å². The van der Waals surface area contributed by atoms with Gasteiger partial charge in [0.1, 0.15) is 9.90 Å². The largest absolute Gasteiger partial charge is 0.389 e. The number of aliphatic hydroxyl groups is 1. The number of aromatic nitrogens is 1. The Hall–Kier alpha value is -0.860. The predicted octanol–water partition coefficient (Wildman–Crippen LogP) is 1.12. The van der Waals surface area contributed by atoms with E-state index in [0.717, 1.165) is 11.5 Å². The summed E-state index contributed by atoms with van der Waals surface area (Å²) in [6.07, 6.45) is 0. The third-order valence-corrected chi connectivity index (χ3v) is 5.43. The molecule has 1 heterocycles. The van der Waals surface area contributed by atoms with E-state index < -0.39 is 15.4 Å². The fourth-order valence-corrected chi connectivity index (χ4v) is 4.09. The molecule has 19 heavy (non-hydrogen) atoms. The molecular weight excluding hydrogens is 286 g/mol. The summed E-state index contributed by atoms with van der Waals surface area (Å²) in [5.74, 6) is 0.0129. The van der Waals surface area contributed by atoms with E-state index in [2.05, 4.69) is 4.37 Å². The summed E-state index contributed by atoms with van der Waals surface area (Å²) in [5, 5.41) is 10.4. The number of hydrogen-bond acceptors (Lipinski definition) is 7. The number of nitrogens with two attached hydrogens (primary N) is 1. The first-order chi connectivity index (χ1) is 8.62. The first-order valence-corrected chi connectivity index (χ1v) is 8.50. The average Bonchev–Trinajstić information content (AvgIpc) is 2.67. The van der Waals surface area contributed by atoms with E-state index in [1.807, 2.05) is 6.92 Å². The molecule has 0 aliphatic rings. The van der Waals surface area contributed by atoms with Crippen LogP contribution in [-0.4, -0.2) is 42.3 Å². The fourth-order valence-electron chi connectivity index (χ4n) is 1.72. The summed E-state index contributed by atoms with van der Waals surface area (Å²) >= 11 is 1.05. The Bertz CT molecular complexity index is 532. The highest BCUT2D eigenvalue weighted by atomic mass is 32.2. The Morgan fingerprint density at radius 1 is 1.42 bits per heavy atom. The van der Waals surface area contributed by atoms with Gasteiger partial charge in [-0.25, -0.2) is 8.42 Å². The van der Waals surface area contributed by atoms with Crippen molar-refractivity contribution in [1.29, 1.82) is 0 Å². The van der Waals surface area contributed by atoms with Gasteiger partial charge in [0.05, 0.1) is 11.4 Å². The van der Waals surface area contributed by atoms with Crippen molar-refractivity contribution in [3.05, 3.63) is 0 Å². The highest BCUT2D eigenvalue weighted by molar-refractivity contribution is 7.91. The van der Waals surface area contributed by atoms with Gasteiger partial charge in [-0.3, -0.25) is 0 Å². The topological polar surface area (TPSA) is 96.5 Å². The second-order valence-corrected chi connectivity index (χ2v) is 7.90. The fraction of sp³-hybridized carbons (Fsp3) is 0.727. The van der Waals surface area contributed by atoms with Crippen molar-refractivity contribution < 1.29 is 13.5 Å². The molecule has 0 amide bonds. The zero-order valence-corrected chi connectivity index (χ0v) is 13.3. The van der Waals surface area contributed by atoms with Crippen LogP contribution in [0, 0.1) is 0 Å². The minimum Gasteiger partial charge on any atom is -0.389 e. The highest BCUT2D eigenvalue weighted by Crippen LogP contribution is 2.35. The predicted molar refractivity (Wildman–Crippen MR) is 78.4 cm³/mol. The van der Waals surface area contributed by atoms with Gasteiger partial charge in [-0.15, -0.1) is 0 Å². The normalized spacial score (nSPS) is 12.7. The van der Waals surface area contributed by atoms with Crippen molar-refractivity contribution >= 4 is 32.2 Å². The molecule has 1 aromatic heterocycles. The molecule has 8 heteroatoms. The third kappa shape index (κ3) is 3.80. The van der Waals surface area contributed by atoms with E-state index in [9.17, 15) is 13.5 Å². The number of sulfone groups is 1. The molecule has 0 aliphatic carbocycles. The molecule has 1 aromatic rings. The zero-order chi connectivity index (χ0) is 14.8. The molecule has 0 aliphatic heterocycles. The molecule has 6 nitrogen and oxygen atoms in total. The Kier molecular flexibility index (Phi) is 4.81. The molecule has 110 valence electrons. The Morgan fingerprint density at radius 3 is 2.42 bits per heavy atom. The van der Waals surface area contributed by atoms with E-state index in [4.69, 9.17) is 5.73 Å². The molecular formula is C11H21N3O3S2. The van der Waals surface area contributed by atoms with Gasteiger partial charge in [0, 0.05) is 13.1 Å². The van der Waals surface area contributed by atoms with E-state index >= 15 is 0 Å². The zero-order valence-electron chi connectivity index (χ0n) is 11.7. The smallest absolute Gasteiger partial charge is 0.184 e. The lowest BCUT2D eigenvalue weighted by molar-refractivity contribution is 0.0876. The Balaban J connectivity index is 3.28. The molecule has 0 unspecified atom stereocenters. The molecule has 0 saturated heterocycles. The van der Waals surface area contributed by atoms with E-state index in [-0.39, 0.29) is 16.5 Å². The quantitative estimate of drug-likeness (QED) is 0.817. The molecule has 1 rings (SSSR count). The number of nitrogens with zero attached hydrogens (tertiary/aromatic N) is 2. The molecule has 0 fully saturated rings. The second-order valence-electron chi connectivity index (χ2n) is 4.93. The van der Waals surface area contributed by atoms with E-state index in [1.165, 1.54) is 0 Å². The van der Waals surface area contributed by atoms with Crippen LogP contribution in [0.4, 0.5) is 10.8 Å². The monoisotopic (exact) mass is 307 g/mol. The van der Waals surface area contributed by atoms with Gasteiger partial charge in [0.25, 0.3) is 0 Å². The maximum absolute atomic E-state index is 12.1. The van der Waals surface area contributed by atoms with Crippen LogP contribution in [0.3, 0.4) is 0 Å². The Labute approximate surface area is 118 Å². The summed E-state index contributed by atoms with van der Waals surface area (Å²) < 4.78 is 28.1. The minimum atomic E-state index is -3.43. The van der Waals surface area contributed by atoms with Gasteiger partial charge in [-0.1, -0.05) is 6.92 Å². The summed E-state index contributed by atoms with van der Waals surface area (Å²) in [7, 11) is -3.43. The van der Waals surface area contributed by atoms with Gasteiger partial charge < -0.3 is 15.7 Å². The number of likely N-dealkylation sites (N-methyl/N-ethyl adjacent to an activating group) is 1. The van der Waals surface area contributed by atoms with E-state index in [1.54, 1.807) is 25.7 Å². The second kappa shape index (κ2) is 5.64. The van der Waals surface area contributed by atoms with Crippen LogP contribution >= 0.6 is 11.5 Å². The van der Waals surface area contributed by atoms with Crippen LogP contribution in [-0.2, 0) is 9.84 Å². The molecule has 0 saturated carbocycles. The molecule has 3 N–H and O–H groups in total. The van der Waals surface area contributed by atoms with Gasteiger partial charge in [0.15, 0.2) is 15.7 Å². The molecule has 0 spiro atoms. The van der Waals surface area contributed by atoms with Crippen LogP contribution in [0.5, 0.6) is 0 Å².